The summed E-state index contributed by atoms with van der Waals surface area (Å²) in [6.07, 6.45) is 3.28. The lowest BCUT2D eigenvalue weighted by atomic mass is 10.1. The van der Waals surface area contributed by atoms with Gasteiger partial charge in [0.15, 0.2) is 0 Å². The van der Waals surface area contributed by atoms with E-state index in [1.165, 1.54) is 11.8 Å². The molecule has 0 aliphatic carbocycles. The lowest BCUT2D eigenvalue weighted by molar-refractivity contribution is -0.145. The third-order valence-electron chi connectivity index (χ3n) is 4.93. The van der Waals surface area contributed by atoms with Crippen LogP contribution in [0.15, 0.2) is 24.3 Å². The molecule has 0 radical (unpaired) electrons. The molecule has 0 bridgehead atoms. The van der Waals surface area contributed by atoms with Gasteiger partial charge in [0.05, 0.1) is 13.0 Å². The van der Waals surface area contributed by atoms with E-state index in [1.54, 1.807) is 0 Å². The van der Waals surface area contributed by atoms with Gasteiger partial charge in [0.25, 0.3) is 0 Å². The number of carbonyl (C=O) groups excluding carboxylic acids is 2. The molecule has 2 rings (SSSR count). The number of likely N-dealkylation sites (tertiary alicyclic amines) is 1. The van der Waals surface area contributed by atoms with Gasteiger partial charge in [-0.25, -0.2) is 0 Å². The number of ether oxygens (including phenoxy) is 1. The molecule has 28 heavy (non-hydrogen) atoms. The Labute approximate surface area is 166 Å². The zero-order chi connectivity index (χ0) is 20.5. The molecule has 1 saturated heterocycles. The van der Waals surface area contributed by atoms with Crippen LogP contribution in [-0.4, -0.2) is 65.0 Å². The van der Waals surface area contributed by atoms with Crippen LogP contribution in [-0.2, 0) is 20.8 Å². The van der Waals surface area contributed by atoms with E-state index in [4.69, 9.17) is 9.84 Å². The average Bonchev–Trinajstić information content (AvgIpc) is 2.90. The van der Waals surface area contributed by atoms with Crippen molar-refractivity contribution >= 4 is 17.8 Å². The maximum atomic E-state index is 12.7. The number of nitrogens with zero attached hydrogens (tertiary/aromatic N) is 2. The number of carbonyl (C=O) groups is 3. The molecule has 1 aromatic rings. The van der Waals surface area contributed by atoms with E-state index in [9.17, 15) is 14.4 Å². The minimum Gasteiger partial charge on any atom is -0.494 e. The highest BCUT2D eigenvalue weighted by atomic mass is 16.5. The monoisotopic (exact) mass is 390 g/mol. The van der Waals surface area contributed by atoms with E-state index >= 15 is 0 Å². The normalized spacial score (nSPS) is 16.9. The molecule has 0 saturated carbocycles. The van der Waals surface area contributed by atoms with Crippen molar-refractivity contribution in [2.75, 3.05) is 26.2 Å². The molecular weight excluding hydrogens is 360 g/mol. The van der Waals surface area contributed by atoms with Gasteiger partial charge < -0.3 is 19.6 Å². The second-order valence-electron chi connectivity index (χ2n) is 7.18. The molecule has 7 heteroatoms. The topological polar surface area (TPSA) is 87.2 Å². The van der Waals surface area contributed by atoms with Crippen LogP contribution in [0.3, 0.4) is 0 Å². The molecule has 2 amide bonds. The molecule has 1 atom stereocenters. The molecule has 1 fully saturated rings. The lowest BCUT2D eigenvalue weighted by Gasteiger charge is -2.28. The number of rotatable bonds is 8. The molecular formula is C21H30N2O5. The molecule has 154 valence electrons. The largest absolute Gasteiger partial charge is 0.494 e. The van der Waals surface area contributed by atoms with E-state index in [2.05, 4.69) is 0 Å². The number of carboxylic acids is 1. The molecule has 7 nitrogen and oxygen atoms in total. The molecule has 0 spiro atoms. The Morgan fingerprint density at radius 1 is 1.25 bits per heavy atom. The van der Waals surface area contributed by atoms with Gasteiger partial charge in [0.2, 0.25) is 11.8 Å². The predicted octanol–water partition coefficient (Wildman–Crippen LogP) is 2.33. The van der Waals surface area contributed by atoms with Crippen molar-refractivity contribution in [3.05, 3.63) is 29.8 Å². The number of amides is 2. The first-order valence-electron chi connectivity index (χ1n) is 9.89. The van der Waals surface area contributed by atoms with Crippen LogP contribution in [0.2, 0.25) is 0 Å². The van der Waals surface area contributed by atoms with Crippen molar-refractivity contribution in [3.63, 3.8) is 0 Å². The molecule has 0 aromatic heterocycles. The molecule has 1 heterocycles. The van der Waals surface area contributed by atoms with Crippen LogP contribution in [0.25, 0.3) is 0 Å². The summed E-state index contributed by atoms with van der Waals surface area (Å²) in [5.41, 5.74) is 0.913. The van der Waals surface area contributed by atoms with Crippen LogP contribution in [0, 0.1) is 0 Å². The second-order valence-corrected chi connectivity index (χ2v) is 7.18. The summed E-state index contributed by atoms with van der Waals surface area (Å²) in [7, 11) is 0. The van der Waals surface area contributed by atoms with Crippen LogP contribution >= 0.6 is 0 Å². The fourth-order valence-corrected chi connectivity index (χ4v) is 3.53. The number of carboxylic acid groups (broad SMARTS) is 1. The smallest absolute Gasteiger partial charge is 0.323 e. The van der Waals surface area contributed by atoms with Crippen molar-refractivity contribution in [2.45, 2.75) is 52.0 Å². The Bertz CT molecular complexity index is 691. The van der Waals surface area contributed by atoms with Crippen molar-refractivity contribution in [3.8, 4) is 5.75 Å². The second kappa shape index (κ2) is 10.7. The van der Waals surface area contributed by atoms with Gasteiger partial charge >= 0.3 is 5.97 Å². The highest BCUT2D eigenvalue weighted by Gasteiger charge is 2.27. The van der Waals surface area contributed by atoms with Crippen molar-refractivity contribution in [1.29, 1.82) is 0 Å². The minimum atomic E-state index is -1.02. The summed E-state index contributed by atoms with van der Waals surface area (Å²) in [5.74, 6) is -0.441. The van der Waals surface area contributed by atoms with E-state index in [-0.39, 0.29) is 24.4 Å². The molecule has 1 N–H and O–H groups in total. The van der Waals surface area contributed by atoms with Gasteiger partial charge in [-0.15, -0.1) is 0 Å². The SMILES string of the molecule is CCCOc1cccc(CC(=O)N2CCCC(N(CC(=O)O)C(C)=O)CC2)c1. The Kier molecular flexibility index (Phi) is 8.29. The summed E-state index contributed by atoms with van der Waals surface area (Å²) >= 11 is 0. The first-order valence-corrected chi connectivity index (χ1v) is 9.89. The maximum Gasteiger partial charge on any atom is 0.323 e. The van der Waals surface area contributed by atoms with Gasteiger partial charge in [-0.2, -0.15) is 0 Å². The van der Waals surface area contributed by atoms with Crippen LogP contribution < -0.4 is 4.74 Å². The maximum absolute atomic E-state index is 12.7. The molecule has 1 unspecified atom stereocenters. The first kappa shape index (κ1) is 21.7. The molecule has 1 aliphatic heterocycles. The van der Waals surface area contributed by atoms with Gasteiger partial charge in [0, 0.05) is 26.1 Å². The summed E-state index contributed by atoms with van der Waals surface area (Å²) in [5, 5.41) is 9.05. The Balaban J connectivity index is 1.95. The van der Waals surface area contributed by atoms with Crippen molar-refractivity contribution in [1.82, 2.24) is 9.80 Å². The lowest BCUT2D eigenvalue weighted by Crippen LogP contribution is -2.43. The third-order valence-corrected chi connectivity index (χ3v) is 4.93. The number of hydrogen-bond acceptors (Lipinski definition) is 4. The average molecular weight is 390 g/mol. The number of aliphatic carboxylic acids is 1. The summed E-state index contributed by atoms with van der Waals surface area (Å²) in [6.45, 7) is 4.94. The van der Waals surface area contributed by atoms with Crippen LogP contribution in [0.4, 0.5) is 0 Å². The third kappa shape index (κ3) is 6.55. The van der Waals surface area contributed by atoms with Crippen molar-refractivity contribution in [2.24, 2.45) is 0 Å². The highest BCUT2D eigenvalue weighted by Crippen LogP contribution is 2.19. The van der Waals surface area contributed by atoms with E-state index in [0.717, 1.165) is 24.2 Å². The summed E-state index contributed by atoms with van der Waals surface area (Å²) < 4.78 is 5.63. The number of benzene rings is 1. The quantitative estimate of drug-likeness (QED) is 0.736. The van der Waals surface area contributed by atoms with Gasteiger partial charge in [-0.3, -0.25) is 14.4 Å². The Morgan fingerprint density at radius 3 is 2.71 bits per heavy atom. The van der Waals surface area contributed by atoms with Crippen LogP contribution in [0.1, 0.15) is 45.1 Å². The fraction of sp³-hybridized carbons (Fsp3) is 0.571. The highest BCUT2D eigenvalue weighted by molar-refractivity contribution is 5.80. The minimum absolute atomic E-state index is 0.0425. The Hall–Kier alpha value is -2.57. The van der Waals surface area contributed by atoms with E-state index in [0.29, 0.717) is 39.0 Å². The van der Waals surface area contributed by atoms with Crippen LogP contribution in [0.5, 0.6) is 5.75 Å². The Morgan fingerprint density at radius 2 is 2.04 bits per heavy atom. The fourth-order valence-electron chi connectivity index (χ4n) is 3.53. The van der Waals surface area contributed by atoms with E-state index in [1.807, 2.05) is 36.1 Å². The number of hydrogen-bond donors (Lipinski definition) is 1. The van der Waals surface area contributed by atoms with Gasteiger partial charge in [-0.1, -0.05) is 19.1 Å². The zero-order valence-electron chi connectivity index (χ0n) is 16.7. The molecule has 1 aromatic carbocycles. The van der Waals surface area contributed by atoms with Gasteiger partial charge in [0.1, 0.15) is 12.3 Å². The summed E-state index contributed by atoms with van der Waals surface area (Å²) in [6, 6.07) is 7.46. The standard InChI is InChI=1S/C21H30N2O5/c1-3-12-28-19-8-4-6-17(13-19)14-20(25)22-10-5-7-18(9-11-22)23(16(2)24)15-21(26)27/h4,6,8,13,18H,3,5,7,9-12,14-15H2,1-2H3,(H,26,27). The zero-order valence-corrected chi connectivity index (χ0v) is 16.7. The first-order chi connectivity index (χ1) is 13.4. The van der Waals surface area contributed by atoms with Crippen molar-refractivity contribution < 1.29 is 24.2 Å². The predicted molar refractivity (Wildman–Crippen MR) is 105 cm³/mol. The van der Waals surface area contributed by atoms with Gasteiger partial charge in [-0.05, 0) is 43.4 Å². The summed E-state index contributed by atoms with van der Waals surface area (Å²) in [4.78, 5) is 38.8. The van der Waals surface area contributed by atoms with E-state index < -0.39 is 5.97 Å². The molecule has 1 aliphatic rings.